The van der Waals surface area contributed by atoms with Gasteiger partial charge in [0.1, 0.15) is 5.75 Å². The quantitative estimate of drug-likeness (QED) is 0.505. The Morgan fingerprint density at radius 1 is 1.24 bits per heavy atom. The SMILES string of the molecule is COc1ccccc1CCn1c(=S)[nH]c2cc(I)ccc21. The Hall–Kier alpha value is -1.34. The van der Waals surface area contributed by atoms with E-state index in [-0.39, 0.29) is 0 Å². The third-order valence-corrected chi connectivity index (χ3v) is 4.53. The van der Waals surface area contributed by atoms with Crippen molar-refractivity contribution < 1.29 is 4.74 Å². The minimum absolute atomic E-state index is 0.766. The molecule has 1 N–H and O–H groups in total. The van der Waals surface area contributed by atoms with E-state index in [0.717, 1.165) is 34.5 Å². The zero-order valence-electron chi connectivity index (χ0n) is 11.6. The Labute approximate surface area is 142 Å². The normalized spacial score (nSPS) is 11.0. The number of aryl methyl sites for hydroxylation is 2. The van der Waals surface area contributed by atoms with Crippen molar-refractivity contribution in [1.82, 2.24) is 9.55 Å². The summed E-state index contributed by atoms with van der Waals surface area (Å²) in [7, 11) is 1.71. The fourth-order valence-corrected chi connectivity index (χ4v) is 3.29. The Kier molecular flexibility index (Phi) is 4.30. The van der Waals surface area contributed by atoms with E-state index < -0.39 is 0 Å². The van der Waals surface area contributed by atoms with E-state index in [0.29, 0.717) is 0 Å². The molecule has 5 heteroatoms. The molecule has 0 radical (unpaired) electrons. The minimum Gasteiger partial charge on any atom is -0.496 e. The maximum Gasteiger partial charge on any atom is 0.178 e. The number of fused-ring (bicyclic) bond motifs is 1. The third kappa shape index (κ3) is 2.98. The number of methoxy groups -OCH3 is 1. The molecule has 0 atom stereocenters. The second-order valence-electron chi connectivity index (χ2n) is 4.81. The number of benzene rings is 2. The van der Waals surface area contributed by atoms with Gasteiger partial charge in [-0.2, -0.15) is 0 Å². The van der Waals surface area contributed by atoms with Gasteiger partial charge < -0.3 is 14.3 Å². The zero-order valence-corrected chi connectivity index (χ0v) is 14.6. The molecule has 0 saturated carbocycles. The van der Waals surface area contributed by atoms with Crippen LogP contribution in [0.3, 0.4) is 0 Å². The molecule has 0 spiro atoms. The molecule has 0 aliphatic rings. The largest absolute Gasteiger partial charge is 0.496 e. The van der Waals surface area contributed by atoms with Gasteiger partial charge in [-0.3, -0.25) is 0 Å². The molecule has 1 heterocycles. The van der Waals surface area contributed by atoms with Crippen LogP contribution in [0.1, 0.15) is 5.56 Å². The lowest BCUT2D eigenvalue weighted by Gasteiger charge is -2.09. The monoisotopic (exact) mass is 410 g/mol. The van der Waals surface area contributed by atoms with E-state index in [1.165, 1.54) is 9.13 Å². The van der Waals surface area contributed by atoms with Crippen molar-refractivity contribution in [1.29, 1.82) is 0 Å². The van der Waals surface area contributed by atoms with Gasteiger partial charge in [0.25, 0.3) is 0 Å². The highest BCUT2D eigenvalue weighted by molar-refractivity contribution is 14.1. The Bertz CT molecular complexity index is 838. The third-order valence-electron chi connectivity index (χ3n) is 3.53. The van der Waals surface area contributed by atoms with Crippen molar-refractivity contribution in [2.24, 2.45) is 0 Å². The molecule has 3 rings (SSSR count). The first kappa shape index (κ1) is 14.6. The summed E-state index contributed by atoms with van der Waals surface area (Å²) >= 11 is 7.76. The molecular weight excluding hydrogens is 395 g/mol. The van der Waals surface area contributed by atoms with Crippen molar-refractivity contribution in [3.05, 3.63) is 56.4 Å². The predicted octanol–water partition coefficient (Wildman–Crippen LogP) is 4.55. The van der Waals surface area contributed by atoms with Gasteiger partial charge in [-0.05, 0) is 71.1 Å². The van der Waals surface area contributed by atoms with Crippen LogP contribution in [0.5, 0.6) is 5.75 Å². The van der Waals surface area contributed by atoms with Gasteiger partial charge in [0, 0.05) is 10.1 Å². The van der Waals surface area contributed by atoms with E-state index in [4.69, 9.17) is 17.0 Å². The number of rotatable bonds is 4. The maximum atomic E-state index is 5.45. The molecule has 0 saturated heterocycles. The Morgan fingerprint density at radius 3 is 2.86 bits per heavy atom. The molecule has 2 aromatic carbocycles. The zero-order chi connectivity index (χ0) is 14.8. The molecule has 0 aliphatic heterocycles. The van der Waals surface area contributed by atoms with Gasteiger partial charge in [-0.25, -0.2) is 0 Å². The van der Waals surface area contributed by atoms with Crippen LogP contribution in [0.2, 0.25) is 0 Å². The number of nitrogens with one attached hydrogen (secondary N) is 1. The predicted molar refractivity (Wildman–Crippen MR) is 96.5 cm³/mol. The number of nitrogens with zero attached hydrogens (tertiary/aromatic N) is 1. The van der Waals surface area contributed by atoms with E-state index in [1.54, 1.807) is 7.11 Å². The maximum absolute atomic E-state index is 5.45. The number of ether oxygens (including phenoxy) is 1. The van der Waals surface area contributed by atoms with Gasteiger partial charge in [-0.1, -0.05) is 18.2 Å². The van der Waals surface area contributed by atoms with Crippen molar-refractivity contribution >= 4 is 45.8 Å². The van der Waals surface area contributed by atoms with E-state index in [1.807, 2.05) is 18.2 Å². The number of imidazole rings is 1. The summed E-state index contributed by atoms with van der Waals surface area (Å²) in [6, 6.07) is 14.4. The van der Waals surface area contributed by atoms with Crippen LogP contribution in [-0.2, 0) is 13.0 Å². The summed E-state index contributed by atoms with van der Waals surface area (Å²) in [5.41, 5.74) is 3.43. The van der Waals surface area contributed by atoms with Crippen LogP contribution in [-0.4, -0.2) is 16.7 Å². The summed E-state index contributed by atoms with van der Waals surface area (Å²) in [5.74, 6) is 0.929. The number of H-pyrrole nitrogens is 1. The molecule has 0 bridgehead atoms. The minimum atomic E-state index is 0.766. The van der Waals surface area contributed by atoms with Crippen LogP contribution in [0, 0.1) is 8.34 Å². The fraction of sp³-hybridized carbons (Fsp3) is 0.188. The van der Waals surface area contributed by atoms with Crippen molar-refractivity contribution in [2.75, 3.05) is 7.11 Å². The lowest BCUT2D eigenvalue weighted by atomic mass is 10.1. The van der Waals surface area contributed by atoms with Crippen LogP contribution in [0.25, 0.3) is 11.0 Å². The topological polar surface area (TPSA) is 29.9 Å². The number of halogens is 1. The van der Waals surface area contributed by atoms with Crippen LogP contribution < -0.4 is 4.74 Å². The molecular formula is C16H15IN2OS. The van der Waals surface area contributed by atoms with E-state index in [2.05, 4.69) is 56.4 Å². The van der Waals surface area contributed by atoms with Crippen molar-refractivity contribution in [3.63, 3.8) is 0 Å². The molecule has 3 aromatic rings. The molecule has 0 fully saturated rings. The summed E-state index contributed by atoms with van der Waals surface area (Å²) in [6.45, 7) is 0.833. The van der Waals surface area contributed by atoms with Crippen LogP contribution >= 0.6 is 34.8 Å². The molecule has 0 amide bonds. The molecule has 1 aromatic heterocycles. The molecule has 0 aliphatic carbocycles. The number of aromatic nitrogens is 2. The number of hydrogen-bond acceptors (Lipinski definition) is 2. The second-order valence-corrected chi connectivity index (χ2v) is 6.44. The van der Waals surface area contributed by atoms with Gasteiger partial charge in [0.05, 0.1) is 18.1 Å². The van der Waals surface area contributed by atoms with Gasteiger partial charge in [0.15, 0.2) is 4.77 Å². The summed E-state index contributed by atoms with van der Waals surface area (Å²) in [5, 5.41) is 0. The molecule has 21 heavy (non-hydrogen) atoms. The van der Waals surface area contributed by atoms with Gasteiger partial charge in [0.2, 0.25) is 0 Å². The first-order valence-corrected chi connectivity index (χ1v) is 8.17. The van der Waals surface area contributed by atoms with E-state index in [9.17, 15) is 0 Å². The average Bonchev–Trinajstić information content (AvgIpc) is 2.80. The number of aromatic amines is 1. The number of hydrogen-bond donors (Lipinski definition) is 1. The molecule has 108 valence electrons. The molecule has 0 unspecified atom stereocenters. The second kappa shape index (κ2) is 6.19. The smallest absolute Gasteiger partial charge is 0.178 e. The lowest BCUT2D eigenvalue weighted by Crippen LogP contribution is -2.02. The van der Waals surface area contributed by atoms with Crippen molar-refractivity contribution in [3.8, 4) is 5.75 Å². The Morgan fingerprint density at radius 2 is 2.05 bits per heavy atom. The highest BCUT2D eigenvalue weighted by Gasteiger charge is 2.07. The highest BCUT2D eigenvalue weighted by atomic mass is 127. The number of para-hydroxylation sites is 1. The standard InChI is InChI=1S/C16H15IN2OS/c1-20-15-5-3-2-4-11(15)8-9-19-14-7-6-12(17)10-13(14)18-16(19)21/h2-7,10H,8-9H2,1H3,(H,18,21). The summed E-state index contributed by atoms with van der Waals surface area (Å²) < 4.78 is 9.52. The van der Waals surface area contributed by atoms with Crippen LogP contribution in [0.4, 0.5) is 0 Å². The fourth-order valence-electron chi connectivity index (χ4n) is 2.50. The van der Waals surface area contributed by atoms with Crippen molar-refractivity contribution in [2.45, 2.75) is 13.0 Å². The van der Waals surface area contributed by atoms with Crippen LogP contribution in [0.15, 0.2) is 42.5 Å². The summed E-state index contributed by atoms with van der Waals surface area (Å²) in [6.07, 6.45) is 0.886. The average molecular weight is 410 g/mol. The first-order valence-electron chi connectivity index (χ1n) is 6.69. The molecule has 3 nitrogen and oxygen atoms in total. The van der Waals surface area contributed by atoms with Gasteiger partial charge >= 0.3 is 0 Å². The van der Waals surface area contributed by atoms with Gasteiger partial charge in [-0.15, -0.1) is 0 Å². The summed E-state index contributed by atoms with van der Waals surface area (Å²) in [4.78, 5) is 3.27. The lowest BCUT2D eigenvalue weighted by molar-refractivity contribution is 0.408. The Balaban J connectivity index is 1.92. The van der Waals surface area contributed by atoms with E-state index >= 15 is 0 Å². The highest BCUT2D eigenvalue weighted by Crippen LogP contribution is 2.21. The first-order chi connectivity index (χ1) is 10.2.